The number of hydrogen-bond donors (Lipinski definition) is 4. The molecule has 2 atom stereocenters. The summed E-state index contributed by atoms with van der Waals surface area (Å²) in [6.07, 6.45) is 2.83. The number of phenolic OH excluding ortho intramolecular Hbond substituents is 2. The Bertz CT molecular complexity index is 528. The molecule has 0 spiro atoms. The molecule has 0 heterocycles. The molecule has 4 N–H and O–H groups in total. The van der Waals surface area contributed by atoms with E-state index in [1.54, 1.807) is 0 Å². The minimum atomic E-state index is -0.921. The number of benzene rings is 1. The predicted octanol–water partition coefficient (Wildman–Crippen LogP) is 1.47. The Balaban J connectivity index is 2.13. The van der Waals surface area contributed by atoms with Crippen molar-refractivity contribution in [1.29, 1.82) is 0 Å². The van der Waals surface area contributed by atoms with Crippen LogP contribution < -0.4 is 5.32 Å². The summed E-state index contributed by atoms with van der Waals surface area (Å²) in [7, 11) is 0. The zero-order chi connectivity index (χ0) is 14.7. The molecule has 1 aliphatic carbocycles. The van der Waals surface area contributed by atoms with Gasteiger partial charge >= 0.3 is 5.97 Å². The smallest absolute Gasteiger partial charge is 0.308 e. The highest BCUT2D eigenvalue weighted by molar-refractivity contribution is 5.97. The van der Waals surface area contributed by atoms with Crippen LogP contribution in [-0.4, -0.2) is 33.2 Å². The van der Waals surface area contributed by atoms with Crippen LogP contribution in [0.1, 0.15) is 36.0 Å². The van der Waals surface area contributed by atoms with E-state index >= 15 is 0 Å². The van der Waals surface area contributed by atoms with E-state index in [4.69, 9.17) is 5.11 Å². The fourth-order valence-electron chi connectivity index (χ4n) is 2.55. The van der Waals surface area contributed by atoms with Crippen molar-refractivity contribution < 1.29 is 24.9 Å². The number of amides is 1. The Hall–Kier alpha value is -2.24. The quantitative estimate of drug-likeness (QED) is 0.627. The molecule has 6 nitrogen and oxygen atoms in total. The molecule has 0 aliphatic heterocycles. The highest BCUT2D eigenvalue weighted by atomic mass is 16.4. The highest BCUT2D eigenvalue weighted by Gasteiger charge is 2.32. The van der Waals surface area contributed by atoms with Crippen LogP contribution in [0.3, 0.4) is 0 Å². The number of carboxylic acid groups (broad SMARTS) is 1. The standard InChI is InChI=1S/C14H17NO5/c16-8-5-6-12(17)10(7-8)13(18)15-11-4-2-1-3-9(11)14(19)20/h5-7,9,11,16-17H,1-4H2,(H,15,18)(H,19,20). The Kier molecular flexibility index (Phi) is 4.12. The summed E-state index contributed by atoms with van der Waals surface area (Å²) in [5.41, 5.74) is -0.0558. The van der Waals surface area contributed by atoms with Crippen molar-refractivity contribution in [2.24, 2.45) is 5.92 Å². The maximum atomic E-state index is 12.1. The number of rotatable bonds is 3. The molecule has 1 amide bonds. The van der Waals surface area contributed by atoms with E-state index in [0.29, 0.717) is 12.8 Å². The minimum Gasteiger partial charge on any atom is -0.508 e. The van der Waals surface area contributed by atoms with Crippen molar-refractivity contribution >= 4 is 11.9 Å². The van der Waals surface area contributed by atoms with Crippen LogP contribution in [0.5, 0.6) is 11.5 Å². The number of phenols is 2. The summed E-state index contributed by atoms with van der Waals surface area (Å²) < 4.78 is 0. The summed E-state index contributed by atoms with van der Waals surface area (Å²) >= 11 is 0. The molecule has 0 radical (unpaired) electrons. The molecular weight excluding hydrogens is 262 g/mol. The molecule has 20 heavy (non-hydrogen) atoms. The first kappa shape index (κ1) is 14.2. The normalized spacial score (nSPS) is 22.2. The lowest BCUT2D eigenvalue weighted by Crippen LogP contribution is -2.45. The van der Waals surface area contributed by atoms with Gasteiger partial charge in [0, 0.05) is 6.04 Å². The van der Waals surface area contributed by atoms with Gasteiger partial charge in [0.2, 0.25) is 0 Å². The molecule has 0 bridgehead atoms. The monoisotopic (exact) mass is 279 g/mol. The van der Waals surface area contributed by atoms with Gasteiger partial charge in [0.05, 0.1) is 11.5 Å². The molecule has 1 aromatic carbocycles. The second kappa shape index (κ2) is 5.81. The molecule has 1 aliphatic rings. The molecule has 1 aromatic rings. The van der Waals surface area contributed by atoms with Crippen LogP contribution in [0.2, 0.25) is 0 Å². The molecule has 108 valence electrons. The van der Waals surface area contributed by atoms with E-state index in [-0.39, 0.29) is 17.1 Å². The SMILES string of the molecule is O=C(NC1CCCCC1C(=O)O)c1cc(O)ccc1O. The summed E-state index contributed by atoms with van der Waals surface area (Å²) in [6.45, 7) is 0. The largest absolute Gasteiger partial charge is 0.508 e. The zero-order valence-corrected chi connectivity index (χ0v) is 10.9. The van der Waals surface area contributed by atoms with Crippen LogP contribution in [0.25, 0.3) is 0 Å². The third kappa shape index (κ3) is 3.01. The second-order valence-electron chi connectivity index (χ2n) is 5.01. The predicted molar refractivity (Wildman–Crippen MR) is 70.6 cm³/mol. The van der Waals surface area contributed by atoms with Crippen LogP contribution in [0, 0.1) is 5.92 Å². The Morgan fingerprint density at radius 2 is 1.85 bits per heavy atom. The third-order valence-corrected chi connectivity index (χ3v) is 3.62. The van der Waals surface area contributed by atoms with E-state index in [0.717, 1.165) is 18.9 Å². The van der Waals surface area contributed by atoms with E-state index in [1.165, 1.54) is 12.1 Å². The Morgan fingerprint density at radius 3 is 2.55 bits per heavy atom. The molecule has 0 aromatic heterocycles. The van der Waals surface area contributed by atoms with Crippen molar-refractivity contribution in [3.05, 3.63) is 23.8 Å². The maximum Gasteiger partial charge on any atom is 0.308 e. The van der Waals surface area contributed by atoms with Crippen LogP contribution in [0.15, 0.2) is 18.2 Å². The lowest BCUT2D eigenvalue weighted by molar-refractivity contribution is -0.143. The van der Waals surface area contributed by atoms with Gasteiger partial charge in [-0.05, 0) is 31.0 Å². The first-order valence-corrected chi connectivity index (χ1v) is 6.54. The zero-order valence-electron chi connectivity index (χ0n) is 10.9. The van der Waals surface area contributed by atoms with Crippen molar-refractivity contribution in [2.45, 2.75) is 31.7 Å². The number of aliphatic carboxylic acids is 1. The summed E-state index contributed by atoms with van der Waals surface area (Å²) in [6, 6.07) is 3.20. The van der Waals surface area contributed by atoms with Gasteiger partial charge < -0.3 is 20.6 Å². The number of aromatic hydroxyl groups is 2. The first-order valence-electron chi connectivity index (χ1n) is 6.54. The van der Waals surface area contributed by atoms with E-state index in [1.807, 2.05) is 0 Å². The van der Waals surface area contributed by atoms with Gasteiger partial charge in [0.15, 0.2) is 0 Å². The molecule has 1 saturated carbocycles. The van der Waals surface area contributed by atoms with Gasteiger partial charge in [-0.25, -0.2) is 0 Å². The minimum absolute atomic E-state index is 0.0558. The Labute approximate surface area is 116 Å². The molecule has 2 rings (SSSR count). The molecule has 6 heteroatoms. The maximum absolute atomic E-state index is 12.1. The van der Waals surface area contributed by atoms with Gasteiger partial charge in [-0.3, -0.25) is 9.59 Å². The lowest BCUT2D eigenvalue weighted by atomic mass is 9.84. The summed E-state index contributed by atoms with van der Waals surface area (Å²) in [4.78, 5) is 23.2. The van der Waals surface area contributed by atoms with E-state index < -0.39 is 23.8 Å². The number of carboxylic acids is 1. The van der Waals surface area contributed by atoms with Crippen LogP contribution in [-0.2, 0) is 4.79 Å². The fraction of sp³-hybridized carbons (Fsp3) is 0.429. The van der Waals surface area contributed by atoms with Crippen molar-refractivity contribution in [2.75, 3.05) is 0 Å². The van der Waals surface area contributed by atoms with Gasteiger partial charge in [-0.1, -0.05) is 12.8 Å². The number of nitrogens with one attached hydrogen (secondary N) is 1. The molecule has 0 saturated heterocycles. The van der Waals surface area contributed by atoms with Gasteiger partial charge in [-0.2, -0.15) is 0 Å². The van der Waals surface area contributed by atoms with Crippen molar-refractivity contribution in [1.82, 2.24) is 5.32 Å². The van der Waals surface area contributed by atoms with Gasteiger partial charge in [0.1, 0.15) is 11.5 Å². The summed E-state index contributed by atoms with van der Waals surface area (Å²) in [5.74, 6) is -2.48. The topological polar surface area (TPSA) is 107 Å². The average molecular weight is 279 g/mol. The number of carbonyl (C=O) groups excluding carboxylic acids is 1. The first-order chi connectivity index (χ1) is 9.49. The average Bonchev–Trinajstić information content (AvgIpc) is 2.41. The van der Waals surface area contributed by atoms with Crippen molar-refractivity contribution in [3.63, 3.8) is 0 Å². The molecule has 2 unspecified atom stereocenters. The summed E-state index contributed by atoms with van der Waals surface area (Å²) in [5, 5.41) is 30.8. The number of hydrogen-bond acceptors (Lipinski definition) is 4. The fourth-order valence-corrected chi connectivity index (χ4v) is 2.55. The van der Waals surface area contributed by atoms with Crippen LogP contribution in [0.4, 0.5) is 0 Å². The van der Waals surface area contributed by atoms with Crippen molar-refractivity contribution in [3.8, 4) is 11.5 Å². The third-order valence-electron chi connectivity index (χ3n) is 3.62. The van der Waals surface area contributed by atoms with Gasteiger partial charge in [0.25, 0.3) is 5.91 Å². The molecular formula is C14H17NO5. The highest BCUT2D eigenvalue weighted by Crippen LogP contribution is 2.26. The molecule has 1 fully saturated rings. The van der Waals surface area contributed by atoms with E-state index in [2.05, 4.69) is 5.32 Å². The van der Waals surface area contributed by atoms with Crippen LogP contribution >= 0.6 is 0 Å². The lowest BCUT2D eigenvalue weighted by Gasteiger charge is -2.29. The van der Waals surface area contributed by atoms with Gasteiger partial charge in [-0.15, -0.1) is 0 Å². The van der Waals surface area contributed by atoms with E-state index in [9.17, 15) is 19.8 Å². The second-order valence-corrected chi connectivity index (χ2v) is 5.01. The number of carbonyl (C=O) groups is 2. The Morgan fingerprint density at radius 1 is 1.15 bits per heavy atom.